The highest BCUT2D eigenvalue weighted by Crippen LogP contribution is 2.46. The van der Waals surface area contributed by atoms with E-state index in [1.807, 2.05) is 6.07 Å². The molecule has 3 nitrogen and oxygen atoms in total. The van der Waals surface area contributed by atoms with Gasteiger partial charge in [0.25, 0.3) is 0 Å². The summed E-state index contributed by atoms with van der Waals surface area (Å²) in [4.78, 5) is 13.9. The molecule has 0 unspecified atom stereocenters. The van der Waals surface area contributed by atoms with Gasteiger partial charge in [0.15, 0.2) is 14.7 Å². The molecule has 35 heavy (non-hydrogen) atoms. The van der Waals surface area contributed by atoms with E-state index in [9.17, 15) is 9.90 Å². The van der Waals surface area contributed by atoms with Crippen LogP contribution in [0.1, 0.15) is 10.4 Å². The lowest BCUT2D eigenvalue weighted by atomic mass is 10.2. The highest BCUT2D eigenvalue weighted by molar-refractivity contribution is 9.12. The molecule has 0 fully saturated rings. The lowest BCUT2D eigenvalue weighted by Crippen LogP contribution is -2.08. The normalized spacial score (nSPS) is 10.6. The van der Waals surface area contributed by atoms with Gasteiger partial charge in [-0.15, -0.1) is 0 Å². The monoisotopic (exact) mass is 868 g/mol. The Balaban J connectivity index is 0.000000287. The van der Waals surface area contributed by atoms with Gasteiger partial charge >= 0.3 is 5.97 Å². The molecule has 10 heteroatoms. The molecular formula is C25H14Br6O3S. The molecule has 0 heterocycles. The van der Waals surface area contributed by atoms with E-state index in [2.05, 4.69) is 144 Å². The standard InChI is InChI=1S/C18H9Br6S.C7H6O3/c19-10-6-13(21)17(14(22)7-10)25(12-4-2-1-3-5-12)18-15(23)8-11(20)9-16(18)24;8-6-4-2-1-3-5(6)7(9)10/h1-9H;1-4,8H,(H,9,10)/q+1;/p-1. The van der Waals surface area contributed by atoms with Crippen LogP contribution in [0.2, 0.25) is 0 Å². The molecule has 0 aliphatic rings. The molecule has 1 N–H and O–H groups in total. The van der Waals surface area contributed by atoms with Crippen LogP contribution >= 0.6 is 95.6 Å². The van der Waals surface area contributed by atoms with E-state index in [0.717, 1.165) is 26.8 Å². The zero-order valence-corrected chi connectivity index (χ0v) is 27.8. The predicted molar refractivity (Wildman–Crippen MR) is 161 cm³/mol. The van der Waals surface area contributed by atoms with Crippen LogP contribution in [0.5, 0.6) is 5.75 Å². The van der Waals surface area contributed by atoms with Gasteiger partial charge in [-0.05, 0) is 106 Å². The first-order chi connectivity index (χ1) is 16.6. The van der Waals surface area contributed by atoms with Crippen molar-refractivity contribution in [2.75, 3.05) is 0 Å². The van der Waals surface area contributed by atoms with E-state index in [0.29, 0.717) is 0 Å². The summed E-state index contributed by atoms with van der Waals surface area (Å²) < 4.78 is 6.29. The molecule has 4 aromatic carbocycles. The summed E-state index contributed by atoms with van der Waals surface area (Å²) in [6, 6.07) is 24.4. The number of aromatic carboxylic acids is 1. The van der Waals surface area contributed by atoms with Gasteiger partial charge in [-0.25, -0.2) is 4.79 Å². The highest BCUT2D eigenvalue weighted by Gasteiger charge is 2.37. The third-order valence-corrected chi connectivity index (χ3v) is 11.3. The molecule has 4 rings (SSSR count). The Morgan fingerprint density at radius 1 is 0.657 bits per heavy atom. The van der Waals surface area contributed by atoms with Crippen molar-refractivity contribution >= 4 is 112 Å². The molecule has 0 saturated carbocycles. The number of rotatable bonds is 4. The number of hydrogen-bond acceptors (Lipinski definition) is 2. The number of halogens is 6. The molecule has 0 atom stereocenters. The maximum Gasteiger partial charge on any atom is 0.335 e. The highest BCUT2D eigenvalue weighted by atomic mass is 79.9. The van der Waals surface area contributed by atoms with Crippen LogP contribution in [0, 0.1) is 0 Å². The minimum Gasteiger partial charge on any atom is -0.872 e. The van der Waals surface area contributed by atoms with E-state index >= 15 is 0 Å². The smallest absolute Gasteiger partial charge is 0.335 e. The largest absolute Gasteiger partial charge is 0.872 e. The summed E-state index contributed by atoms with van der Waals surface area (Å²) in [5.41, 5.74) is -0.178. The number of hydrogen-bond donors (Lipinski definition) is 1. The van der Waals surface area contributed by atoms with Crippen LogP contribution in [-0.2, 0) is 10.9 Å². The SMILES string of the molecule is Brc1cc(Br)c([S+](c2ccccc2)c2c(Br)cc(Br)cc2Br)c(Br)c1.O=C(O)c1ccccc1[O-]. The van der Waals surface area contributed by atoms with Gasteiger partial charge in [-0.2, -0.15) is 0 Å². The fourth-order valence-corrected chi connectivity index (χ4v) is 11.6. The van der Waals surface area contributed by atoms with Crippen molar-refractivity contribution in [2.24, 2.45) is 0 Å². The Labute approximate surface area is 256 Å². The van der Waals surface area contributed by atoms with Gasteiger partial charge in [0.2, 0.25) is 0 Å². The second-order valence-electron chi connectivity index (χ2n) is 6.82. The van der Waals surface area contributed by atoms with E-state index in [1.165, 1.54) is 39.0 Å². The molecule has 180 valence electrons. The van der Waals surface area contributed by atoms with Crippen LogP contribution in [0.4, 0.5) is 0 Å². The Morgan fingerprint density at radius 3 is 1.43 bits per heavy atom. The molecule has 0 aromatic heterocycles. The van der Waals surface area contributed by atoms with Crippen molar-refractivity contribution < 1.29 is 15.0 Å². The summed E-state index contributed by atoms with van der Waals surface area (Å²) >= 11 is 22.2. The van der Waals surface area contributed by atoms with Gasteiger partial charge in [0.05, 0.1) is 23.5 Å². The van der Waals surface area contributed by atoms with Crippen molar-refractivity contribution in [3.63, 3.8) is 0 Å². The first-order valence-corrected chi connectivity index (χ1v) is 15.7. The average Bonchev–Trinajstić information content (AvgIpc) is 2.78. The van der Waals surface area contributed by atoms with E-state index < -0.39 is 11.7 Å². The maximum atomic E-state index is 10.7. The molecule has 0 spiro atoms. The van der Waals surface area contributed by atoms with Gasteiger partial charge in [-0.1, -0.05) is 74.0 Å². The lowest BCUT2D eigenvalue weighted by Gasteiger charge is -2.14. The first kappa shape index (κ1) is 28.9. The van der Waals surface area contributed by atoms with Crippen molar-refractivity contribution in [2.45, 2.75) is 14.7 Å². The average molecular weight is 874 g/mol. The molecule has 0 aliphatic carbocycles. The second-order valence-corrected chi connectivity index (χ2v) is 14.0. The third kappa shape index (κ3) is 7.46. The first-order valence-electron chi connectivity index (χ1n) is 9.68. The number of carboxylic acids is 1. The maximum absolute atomic E-state index is 10.7. The Hall–Kier alpha value is -0.620. The predicted octanol–water partition coefficient (Wildman–Crippen LogP) is 9.82. The molecular weight excluding hydrogens is 860 g/mol. The lowest BCUT2D eigenvalue weighted by molar-refractivity contribution is -0.268. The van der Waals surface area contributed by atoms with Gasteiger partial charge in [0, 0.05) is 8.95 Å². The molecule has 0 aliphatic heterocycles. The minimum atomic E-state index is -1.18. The van der Waals surface area contributed by atoms with Crippen LogP contribution in [0.15, 0.2) is 120 Å². The van der Waals surface area contributed by atoms with Crippen LogP contribution < -0.4 is 5.11 Å². The molecule has 0 radical (unpaired) electrons. The summed E-state index contributed by atoms with van der Waals surface area (Å²) in [6.45, 7) is 0. The topological polar surface area (TPSA) is 60.4 Å². The summed E-state index contributed by atoms with van der Waals surface area (Å²) in [5.74, 6) is -1.62. The van der Waals surface area contributed by atoms with Crippen molar-refractivity contribution in [1.82, 2.24) is 0 Å². The van der Waals surface area contributed by atoms with E-state index in [1.54, 1.807) is 0 Å². The Morgan fingerprint density at radius 2 is 1.06 bits per heavy atom. The zero-order valence-electron chi connectivity index (χ0n) is 17.4. The number of para-hydroxylation sites is 1. The summed E-state index contributed by atoms with van der Waals surface area (Å²) in [6.07, 6.45) is 0. The van der Waals surface area contributed by atoms with Gasteiger partial charge in [-0.3, -0.25) is 0 Å². The zero-order chi connectivity index (χ0) is 25.7. The van der Waals surface area contributed by atoms with E-state index in [4.69, 9.17) is 5.11 Å². The Bertz CT molecular complexity index is 1260. The molecule has 0 saturated heterocycles. The van der Waals surface area contributed by atoms with Gasteiger partial charge < -0.3 is 10.2 Å². The van der Waals surface area contributed by atoms with Crippen LogP contribution in [0.3, 0.4) is 0 Å². The Kier molecular flexibility index (Phi) is 11.0. The number of benzene rings is 4. The van der Waals surface area contributed by atoms with Crippen LogP contribution in [-0.4, -0.2) is 11.1 Å². The van der Waals surface area contributed by atoms with Crippen molar-refractivity contribution in [1.29, 1.82) is 0 Å². The third-order valence-electron chi connectivity index (χ3n) is 4.43. The van der Waals surface area contributed by atoms with Crippen molar-refractivity contribution in [3.8, 4) is 5.75 Å². The number of carbonyl (C=O) groups is 1. The second kappa shape index (κ2) is 13.3. The molecule has 4 aromatic rings. The van der Waals surface area contributed by atoms with Gasteiger partial charge in [0.1, 0.15) is 10.9 Å². The summed E-state index contributed by atoms with van der Waals surface area (Å²) in [7, 11) is -0.307. The minimum absolute atomic E-state index is 0.178. The molecule has 0 amide bonds. The van der Waals surface area contributed by atoms with E-state index in [-0.39, 0.29) is 16.5 Å². The number of carboxylic acid groups (broad SMARTS) is 1. The fourth-order valence-electron chi connectivity index (χ4n) is 2.99. The van der Waals surface area contributed by atoms with Crippen molar-refractivity contribution in [3.05, 3.63) is 111 Å². The quantitative estimate of drug-likeness (QED) is 0.208. The molecule has 0 bridgehead atoms. The summed E-state index contributed by atoms with van der Waals surface area (Å²) in [5, 5.41) is 19.0. The van der Waals surface area contributed by atoms with Crippen LogP contribution in [0.25, 0.3) is 0 Å². The fraction of sp³-hybridized carbons (Fsp3) is 0.